The number of halogens is 3. The highest BCUT2D eigenvalue weighted by Crippen LogP contribution is 2.41. The zero-order valence-electron chi connectivity index (χ0n) is 18.3. The van der Waals surface area contributed by atoms with Gasteiger partial charge in [0.2, 0.25) is 5.91 Å². The third-order valence-corrected chi connectivity index (χ3v) is 6.35. The molecule has 176 valence electrons. The van der Waals surface area contributed by atoms with Crippen molar-refractivity contribution in [1.82, 2.24) is 15.2 Å². The summed E-state index contributed by atoms with van der Waals surface area (Å²) in [4.78, 5) is 31.9. The number of likely N-dealkylation sites (tertiary alicyclic amines) is 1. The molecule has 4 rings (SSSR count). The molecule has 0 spiro atoms. The van der Waals surface area contributed by atoms with E-state index >= 15 is 0 Å². The maximum absolute atomic E-state index is 13.7. The summed E-state index contributed by atoms with van der Waals surface area (Å²) < 4.78 is 30.8. The second-order valence-corrected chi connectivity index (χ2v) is 9.65. The van der Waals surface area contributed by atoms with Crippen molar-refractivity contribution in [3.63, 3.8) is 0 Å². The van der Waals surface area contributed by atoms with Gasteiger partial charge in [-0.3, -0.25) is 4.79 Å². The van der Waals surface area contributed by atoms with Crippen LogP contribution in [0.3, 0.4) is 0 Å². The molecule has 1 aliphatic carbocycles. The Morgan fingerprint density at radius 3 is 2.58 bits per heavy atom. The summed E-state index contributed by atoms with van der Waals surface area (Å²) in [6, 6.07) is 8.93. The summed E-state index contributed by atoms with van der Waals surface area (Å²) in [6.45, 7) is 1.33. The maximum Gasteiger partial charge on any atom is 0.387 e. The molecule has 7 nitrogen and oxygen atoms in total. The summed E-state index contributed by atoms with van der Waals surface area (Å²) in [5, 5.41) is 5.62. The Balaban J connectivity index is 1.65. The lowest BCUT2D eigenvalue weighted by atomic mass is 9.70. The second-order valence-electron chi connectivity index (χ2n) is 8.74. The fourth-order valence-electron chi connectivity index (χ4n) is 4.04. The molecule has 1 saturated heterocycles. The minimum absolute atomic E-state index is 0.106. The number of carbonyl (C=O) groups is 2. The van der Waals surface area contributed by atoms with Crippen LogP contribution in [0.2, 0.25) is 0 Å². The number of ether oxygens (including phenoxy) is 1. The minimum Gasteiger partial charge on any atom is -0.431 e. The van der Waals surface area contributed by atoms with Crippen molar-refractivity contribution in [2.24, 2.45) is 0 Å². The molecule has 1 saturated carbocycles. The van der Waals surface area contributed by atoms with Gasteiger partial charge in [-0.15, -0.1) is 0 Å². The lowest BCUT2D eigenvalue weighted by molar-refractivity contribution is -0.126. The van der Waals surface area contributed by atoms with Crippen LogP contribution in [0.5, 0.6) is 5.75 Å². The highest BCUT2D eigenvalue weighted by molar-refractivity contribution is 9.10. The van der Waals surface area contributed by atoms with E-state index in [1.54, 1.807) is 4.90 Å². The van der Waals surface area contributed by atoms with Crippen LogP contribution in [0, 0.1) is 0 Å². The van der Waals surface area contributed by atoms with Crippen LogP contribution in [0.15, 0.2) is 41.0 Å². The summed E-state index contributed by atoms with van der Waals surface area (Å²) in [6.07, 6.45) is 3.31. The van der Waals surface area contributed by atoms with Gasteiger partial charge in [-0.1, -0.05) is 38.1 Å². The van der Waals surface area contributed by atoms with Crippen molar-refractivity contribution >= 4 is 33.7 Å². The van der Waals surface area contributed by atoms with Crippen molar-refractivity contribution < 1.29 is 23.1 Å². The number of carbonyl (C=O) groups excluding carboxylic acids is 2. The minimum atomic E-state index is -3.07. The Hall–Kier alpha value is -2.75. The fourth-order valence-corrected chi connectivity index (χ4v) is 4.35. The predicted octanol–water partition coefficient (Wildman–Crippen LogP) is 4.63. The van der Waals surface area contributed by atoms with E-state index in [0.29, 0.717) is 4.47 Å². The van der Waals surface area contributed by atoms with Crippen LogP contribution < -0.4 is 15.4 Å². The molecule has 2 N–H and O–H groups in total. The normalized spacial score (nSPS) is 17.0. The highest BCUT2D eigenvalue weighted by Gasteiger charge is 2.54. The van der Waals surface area contributed by atoms with E-state index in [2.05, 4.69) is 36.3 Å². The lowest BCUT2D eigenvalue weighted by Crippen LogP contribution is -2.68. The van der Waals surface area contributed by atoms with E-state index in [4.69, 9.17) is 0 Å². The van der Waals surface area contributed by atoms with E-state index in [1.165, 1.54) is 12.3 Å². The molecule has 0 atom stereocenters. The first-order chi connectivity index (χ1) is 15.7. The lowest BCUT2D eigenvalue weighted by Gasteiger charge is -2.49. The molecule has 10 heteroatoms. The van der Waals surface area contributed by atoms with Gasteiger partial charge in [-0.2, -0.15) is 8.78 Å². The van der Waals surface area contributed by atoms with Crippen LogP contribution in [0.4, 0.5) is 19.4 Å². The van der Waals surface area contributed by atoms with Crippen LogP contribution in [0.25, 0.3) is 0 Å². The zero-order chi connectivity index (χ0) is 23.8. The highest BCUT2D eigenvalue weighted by atomic mass is 79.9. The standard InChI is InChI=1S/C23H25BrF2N4O3/c1-13(2)16-5-3-4-6-17(16)23(11-30(12-23)22(32)28-15-7-8-15)20(31)29-19-18(33-21(25)26)9-14(24)10-27-19/h3-6,9-10,13,15,21H,7-8,11-12H2,1-2H3,(H,28,32)(H,27,29,31). The summed E-state index contributed by atoms with van der Waals surface area (Å²) in [5.41, 5.74) is 0.752. The van der Waals surface area contributed by atoms with Crippen molar-refractivity contribution in [2.45, 2.75) is 50.7 Å². The molecule has 0 radical (unpaired) electrons. The van der Waals surface area contributed by atoms with E-state index in [1.807, 2.05) is 38.1 Å². The van der Waals surface area contributed by atoms with Crippen LogP contribution in [-0.2, 0) is 10.2 Å². The molecular weight excluding hydrogens is 498 g/mol. The summed E-state index contributed by atoms with van der Waals surface area (Å²) >= 11 is 3.18. The molecule has 2 heterocycles. The van der Waals surface area contributed by atoms with Crippen molar-refractivity contribution in [1.29, 1.82) is 0 Å². The molecule has 0 bridgehead atoms. The molecule has 2 aliphatic rings. The Kier molecular flexibility index (Phi) is 6.56. The average Bonchev–Trinajstić information content (AvgIpc) is 3.53. The number of benzene rings is 1. The van der Waals surface area contributed by atoms with Gasteiger partial charge in [0.25, 0.3) is 0 Å². The first-order valence-corrected chi connectivity index (χ1v) is 11.6. The number of urea groups is 1. The monoisotopic (exact) mass is 522 g/mol. The zero-order valence-corrected chi connectivity index (χ0v) is 19.9. The molecule has 2 aromatic rings. The number of aromatic nitrogens is 1. The Morgan fingerprint density at radius 2 is 1.94 bits per heavy atom. The SMILES string of the molecule is CC(C)c1ccccc1C1(C(=O)Nc2ncc(Br)cc2OC(F)F)CN(C(=O)NC2CC2)C1. The number of pyridine rings is 1. The molecule has 1 aromatic heterocycles. The summed E-state index contributed by atoms with van der Waals surface area (Å²) in [5.74, 6) is -0.641. The van der Waals surface area contributed by atoms with E-state index < -0.39 is 17.9 Å². The average molecular weight is 523 g/mol. The van der Waals surface area contributed by atoms with Gasteiger partial charge in [0.05, 0.1) is 0 Å². The van der Waals surface area contributed by atoms with Gasteiger partial charge in [-0.25, -0.2) is 9.78 Å². The van der Waals surface area contributed by atoms with E-state index in [-0.39, 0.29) is 42.6 Å². The first-order valence-electron chi connectivity index (χ1n) is 10.8. The molecule has 0 unspecified atom stereocenters. The third kappa shape index (κ3) is 4.95. The Labute approximate surface area is 199 Å². The van der Waals surface area contributed by atoms with Crippen molar-refractivity contribution in [3.8, 4) is 5.75 Å². The molecule has 33 heavy (non-hydrogen) atoms. The molecule has 3 amide bonds. The molecule has 2 fully saturated rings. The van der Waals surface area contributed by atoms with Crippen molar-refractivity contribution in [2.75, 3.05) is 18.4 Å². The quantitative estimate of drug-likeness (QED) is 0.555. The molecular formula is C23H25BrF2N4O3. The van der Waals surface area contributed by atoms with Crippen molar-refractivity contribution in [3.05, 3.63) is 52.1 Å². The smallest absolute Gasteiger partial charge is 0.387 e. The van der Waals surface area contributed by atoms with Gasteiger partial charge < -0.3 is 20.3 Å². The van der Waals surface area contributed by atoms with Crippen LogP contribution in [-0.4, -0.2) is 47.6 Å². The number of nitrogens with one attached hydrogen (secondary N) is 2. The van der Waals surface area contributed by atoms with Gasteiger partial charge in [-0.05, 0) is 45.8 Å². The summed E-state index contributed by atoms with van der Waals surface area (Å²) in [7, 11) is 0. The third-order valence-electron chi connectivity index (χ3n) is 5.91. The number of amides is 3. The number of nitrogens with zero attached hydrogens (tertiary/aromatic N) is 2. The van der Waals surface area contributed by atoms with Gasteiger partial charge in [0, 0.05) is 35.9 Å². The second kappa shape index (κ2) is 9.24. The van der Waals surface area contributed by atoms with Gasteiger partial charge in [0.1, 0.15) is 5.41 Å². The fraction of sp³-hybridized carbons (Fsp3) is 0.435. The number of anilines is 1. The molecule has 1 aliphatic heterocycles. The van der Waals surface area contributed by atoms with Gasteiger partial charge >= 0.3 is 12.6 Å². The molecule has 1 aromatic carbocycles. The topological polar surface area (TPSA) is 83.6 Å². The van der Waals surface area contributed by atoms with Gasteiger partial charge in [0.15, 0.2) is 11.6 Å². The first kappa shape index (κ1) is 23.4. The predicted molar refractivity (Wildman–Crippen MR) is 123 cm³/mol. The van der Waals surface area contributed by atoms with Crippen LogP contribution >= 0.6 is 15.9 Å². The van der Waals surface area contributed by atoms with Crippen LogP contribution in [0.1, 0.15) is 43.7 Å². The number of alkyl halides is 2. The van der Waals surface area contributed by atoms with E-state index in [9.17, 15) is 18.4 Å². The number of hydrogen-bond donors (Lipinski definition) is 2. The largest absolute Gasteiger partial charge is 0.431 e. The maximum atomic E-state index is 13.7. The number of hydrogen-bond acceptors (Lipinski definition) is 4. The number of rotatable bonds is 7. The Morgan fingerprint density at radius 1 is 1.24 bits per heavy atom. The Bertz CT molecular complexity index is 1060. The van der Waals surface area contributed by atoms with E-state index in [0.717, 1.165) is 24.0 Å².